The molecule has 4 rings (SSSR count). The monoisotopic (exact) mass is 436 g/mol. The zero-order valence-electron chi connectivity index (χ0n) is 17.1. The Morgan fingerprint density at radius 2 is 1.84 bits per heavy atom. The van der Waals surface area contributed by atoms with Gasteiger partial charge in [0, 0.05) is 5.56 Å². The Bertz CT molecular complexity index is 1300. The molecule has 9 nitrogen and oxygen atoms in total. The van der Waals surface area contributed by atoms with E-state index in [-0.39, 0.29) is 22.8 Å². The van der Waals surface area contributed by atoms with Crippen LogP contribution in [0.1, 0.15) is 16.2 Å². The maximum Gasteiger partial charge on any atom is 0.339 e. The van der Waals surface area contributed by atoms with E-state index in [1.54, 1.807) is 25.1 Å². The fourth-order valence-electron chi connectivity index (χ4n) is 3.03. The summed E-state index contributed by atoms with van der Waals surface area (Å²) in [5.74, 6) is -1.06. The van der Waals surface area contributed by atoms with E-state index in [0.29, 0.717) is 22.5 Å². The molecule has 10 heteroatoms. The summed E-state index contributed by atoms with van der Waals surface area (Å²) < 4.78 is 29.0. The Balaban J connectivity index is 1.58. The molecule has 0 spiro atoms. The second-order valence-electron chi connectivity index (χ2n) is 6.67. The second-order valence-corrected chi connectivity index (χ2v) is 6.67. The first kappa shape index (κ1) is 20.9. The fraction of sp³-hybridized carbons (Fsp3) is 0.136. The quantitative estimate of drug-likeness (QED) is 0.456. The average molecular weight is 436 g/mol. The van der Waals surface area contributed by atoms with E-state index in [9.17, 15) is 14.0 Å². The maximum atomic E-state index is 13.3. The molecule has 4 aromatic rings. The number of rotatable bonds is 6. The van der Waals surface area contributed by atoms with Crippen LogP contribution in [-0.4, -0.2) is 40.7 Å². The zero-order chi connectivity index (χ0) is 22.7. The molecule has 0 bridgehead atoms. The highest BCUT2D eigenvalue weighted by Crippen LogP contribution is 2.33. The largest absolute Gasteiger partial charge is 0.467 e. The Morgan fingerprint density at radius 1 is 1.09 bits per heavy atom. The van der Waals surface area contributed by atoms with Crippen LogP contribution in [0.2, 0.25) is 0 Å². The molecule has 162 valence electrons. The molecular formula is C22H17FN4O5. The van der Waals surface area contributed by atoms with Crippen molar-refractivity contribution in [3.05, 3.63) is 65.7 Å². The topological polar surface area (TPSA) is 116 Å². The molecule has 0 aliphatic heterocycles. The van der Waals surface area contributed by atoms with Crippen LogP contribution in [0.25, 0.3) is 22.4 Å². The third-order valence-electron chi connectivity index (χ3n) is 4.48. The Hall–Kier alpha value is -4.34. The molecule has 2 heterocycles. The maximum absolute atomic E-state index is 13.3. The van der Waals surface area contributed by atoms with Gasteiger partial charge < -0.3 is 19.3 Å². The van der Waals surface area contributed by atoms with Crippen molar-refractivity contribution in [2.45, 2.75) is 6.92 Å². The summed E-state index contributed by atoms with van der Waals surface area (Å²) >= 11 is 0. The average Bonchev–Trinajstić information content (AvgIpc) is 3.21. The lowest BCUT2D eigenvalue weighted by Gasteiger charge is -2.11. The van der Waals surface area contributed by atoms with E-state index < -0.39 is 24.3 Å². The molecule has 0 atom stereocenters. The van der Waals surface area contributed by atoms with Gasteiger partial charge in [0.1, 0.15) is 22.7 Å². The van der Waals surface area contributed by atoms with Gasteiger partial charge in [-0.1, -0.05) is 17.3 Å². The molecule has 0 aliphatic carbocycles. The van der Waals surface area contributed by atoms with Crippen LogP contribution in [0.5, 0.6) is 5.88 Å². The summed E-state index contributed by atoms with van der Waals surface area (Å²) in [6, 6.07) is 12.1. The van der Waals surface area contributed by atoms with Crippen LogP contribution >= 0.6 is 0 Å². The van der Waals surface area contributed by atoms with Crippen molar-refractivity contribution in [2.75, 3.05) is 19.0 Å². The number of benzene rings is 2. The number of hydrogen-bond donors (Lipinski definition) is 1. The summed E-state index contributed by atoms with van der Waals surface area (Å²) in [5.41, 5.74) is 1.59. The number of anilines is 1. The molecule has 0 saturated heterocycles. The Morgan fingerprint density at radius 3 is 2.59 bits per heavy atom. The number of aromatic nitrogens is 3. The molecule has 0 saturated carbocycles. The number of aryl methyl sites for hydroxylation is 1. The third-order valence-corrected chi connectivity index (χ3v) is 4.48. The second kappa shape index (κ2) is 8.80. The van der Waals surface area contributed by atoms with Crippen molar-refractivity contribution in [2.24, 2.45) is 0 Å². The number of amides is 1. The van der Waals surface area contributed by atoms with E-state index >= 15 is 0 Å². The minimum Gasteiger partial charge on any atom is -0.467 e. The van der Waals surface area contributed by atoms with E-state index in [0.717, 1.165) is 0 Å². The van der Waals surface area contributed by atoms with E-state index in [1.807, 2.05) is 0 Å². The zero-order valence-corrected chi connectivity index (χ0v) is 17.1. The lowest BCUT2D eigenvalue weighted by molar-refractivity contribution is -0.118. The Kier molecular flexibility index (Phi) is 5.75. The number of methoxy groups -OCH3 is 1. The van der Waals surface area contributed by atoms with Gasteiger partial charge in [0.2, 0.25) is 5.88 Å². The first-order chi connectivity index (χ1) is 15.5. The van der Waals surface area contributed by atoms with Gasteiger partial charge in [-0.2, -0.15) is 9.97 Å². The lowest BCUT2D eigenvalue weighted by Crippen LogP contribution is -2.22. The van der Waals surface area contributed by atoms with Gasteiger partial charge in [-0.05, 0) is 43.3 Å². The molecule has 2 aromatic heterocycles. The number of fused-ring (bicyclic) bond motifs is 1. The molecular weight excluding hydrogens is 419 g/mol. The summed E-state index contributed by atoms with van der Waals surface area (Å²) in [6.07, 6.45) is 0. The highest BCUT2D eigenvalue weighted by Gasteiger charge is 2.20. The molecule has 32 heavy (non-hydrogen) atoms. The normalized spacial score (nSPS) is 10.7. The van der Waals surface area contributed by atoms with Gasteiger partial charge >= 0.3 is 5.97 Å². The van der Waals surface area contributed by atoms with Gasteiger partial charge in [-0.25, -0.2) is 9.18 Å². The van der Waals surface area contributed by atoms with Crippen molar-refractivity contribution in [3.63, 3.8) is 0 Å². The van der Waals surface area contributed by atoms with Crippen molar-refractivity contribution in [1.82, 2.24) is 15.1 Å². The number of para-hydroxylation sites is 1. The summed E-state index contributed by atoms with van der Waals surface area (Å²) in [4.78, 5) is 32.8. The van der Waals surface area contributed by atoms with Gasteiger partial charge in [-0.15, -0.1) is 0 Å². The third kappa shape index (κ3) is 4.24. The standard InChI is InChI=1S/C22H17FN4O5/c1-12-24-20(18-19(27-32-21(18)25-12)13-7-9-14(23)10-8-13)31-11-17(28)26-16-6-4-3-5-15(16)22(29)30-2/h3-10H,11H2,1-2H3,(H,26,28). The molecule has 2 aromatic carbocycles. The van der Waals surface area contributed by atoms with E-state index in [1.165, 1.54) is 37.4 Å². The number of halogens is 1. The van der Waals surface area contributed by atoms with Crippen LogP contribution in [0, 0.1) is 12.7 Å². The predicted octanol–water partition coefficient (Wildman–Crippen LogP) is 3.54. The minimum absolute atomic E-state index is 0.0875. The van der Waals surface area contributed by atoms with Crippen LogP contribution < -0.4 is 10.1 Å². The van der Waals surface area contributed by atoms with Crippen LogP contribution in [0.4, 0.5) is 10.1 Å². The molecule has 1 amide bonds. The van der Waals surface area contributed by atoms with Crippen molar-refractivity contribution >= 4 is 28.7 Å². The SMILES string of the molecule is COC(=O)c1ccccc1NC(=O)COc1nc(C)nc2onc(-c3ccc(F)cc3)c12. The number of nitrogens with one attached hydrogen (secondary N) is 1. The number of carbonyl (C=O) groups excluding carboxylic acids is 2. The number of nitrogens with zero attached hydrogens (tertiary/aromatic N) is 3. The predicted molar refractivity (Wildman–Crippen MR) is 112 cm³/mol. The fourth-order valence-corrected chi connectivity index (χ4v) is 3.03. The highest BCUT2D eigenvalue weighted by atomic mass is 19.1. The molecule has 0 unspecified atom stereocenters. The molecule has 0 fully saturated rings. The molecule has 0 radical (unpaired) electrons. The number of ether oxygens (including phenoxy) is 2. The first-order valence-corrected chi connectivity index (χ1v) is 9.46. The Labute approximate surface area is 181 Å². The van der Waals surface area contributed by atoms with Crippen molar-refractivity contribution in [1.29, 1.82) is 0 Å². The lowest BCUT2D eigenvalue weighted by atomic mass is 10.1. The highest BCUT2D eigenvalue weighted by molar-refractivity contribution is 6.01. The van der Waals surface area contributed by atoms with Gasteiger partial charge in [-0.3, -0.25) is 4.79 Å². The molecule has 1 N–H and O–H groups in total. The van der Waals surface area contributed by atoms with Gasteiger partial charge in [0.25, 0.3) is 11.6 Å². The van der Waals surface area contributed by atoms with Gasteiger partial charge in [0.05, 0.1) is 18.4 Å². The van der Waals surface area contributed by atoms with Crippen LogP contribution in [0.15, 0.2) is 53.1 Å². The van der Waals surface area contributed by atoms with Crippen LogP contribution in [0.3, 0.4) is 0 Å². The molecule has 0 aliphatic rings. The first-order valence-electron chi connectivity index (χ1n) is 9.46. The number of carbonyl (C=O) groups is 2. The smallest absolute Gasteiger partial charge is 0.339 e. The van der Waals surface area contributed by atoms with E-state index in [2.05, 4.69) is 20.4 Å². The van der Waals surface area contributed by atoms with E-state index in [4.69, 9.17) is 14.0 Å². The summed E-state index contributed by atoms with van der Waals surface area (Å²) in [7, 11) is 1.25. The van der Waals surface area contributed by atoms with Crippen molar-refractivity contribution < 1.29 is 28.0 Å². The summed E-state index contributed by atoms with van der Waals surface area (Å²) in [5, 5.41) is 6.97. The van der Waals surface area contributed by atoms with Crippen molar-refractivity contribution in [3.8, 4) is 17.1 Å². The van der Waals surface area contributed by atoms with Gasteiger partial charge in [0.15, 0.2) is 6.61 Å². The van der Waals surface area contributed by atoms with Crippen LogP contribution in [-0.2, 0) is 9.53 Å². The summed E-state index contributed by atoms with van der Waals surface area (Å²) in [6.45, 7) is 1.23. The number of hydrogen-bond acceptors (Lipinski definition) is 8. The number of esters is 1. The minimum atomic E-state index is -0.580.